The van der Waals surface area contributed by atoms with Gasteiger partial charge in [-0.05, 0) is 13.8 Å². The zero-order chi connectivity index (χ0) is 7.33. The van der Waals surface area contributed by atoms with E-state index in [-0.39, 0.29) is 84.8 Å². The topological polar surface area (TPSA) is 49.7 Å². The van der Waals surface area contributed by atoms with Crippen LogP contribution in [0, 0.1) is 0 Å². The zero-order valence-electron chi connectivity index (χ0n) is 7.15. The quantitative estimate of drug-likeness (QED) is 0.327. The van der Waals surface area contributed by atoms with Gasteiger partial charge in [0.2, 0.25) is 0 Å². The maximum absolute atomic E-state index is 9.04. The summed E-state index contributed by atoms with van der Waals surface area (Å²) in [7, 11) is 0. The molecule has 2 N–H and O–H groups in total. The van der Waals surface area contributed by atoms with Crippen LogP contribution in [0.1, 0.15) is 13.8 Å². The van der Waals surface area contributed by atoms with Crippen LogP contribution >= 0.6 is 48.0 Å². The van der Waals surface area contributed by atoms with Gasteiger partial charge < -0.3 is 14.9 Å². The van der Waals surface area contributed by atoms with Crippen molar-refractivity contribution in [3.63, 3.8) is 0 Å². The van der Waals surface area contributed by atoms with Crippen LogP contribution in [0.3, 0.4) is 0 Å². The molecule has 0 saturated heterocycles. The third-order valence-electron chi connectivity index (χ3n) is 0.691. The number of ether oxygens (including phenoxy) is 1. The second kappa shape index (κ2) is 13.1. The number of aliphatic hydroxyl groups is 2. The first-order valence-corrected chi connectivity index (χ1v) is 2.97. The molecule has 6 heteroatoms. The second-order valence-corrected chi connectivity index (χ2v) is 2.59. The van der Waals surface area contributed by atoms with E-state index in [9.17, 15) is 0 Å². The number of hydrogen-bond donors (Lipinski definition) is 2. The van der Waals surface area contributed by atoms with Crippen molar-refractivity contribution in [3.05, 3.63) is 0 Å². The van der Waals surface area contributed by atoms with Gasteiger partial charge in [0.1, 0.15) is 0 Å². The minimum Gasteiger partial charge on any atom is -0.394 e. The Balaban J connectivity index is -0.000000107. The summed E-state index contributed by atoms with van der Waals surface area (Å²) in [6.07, 6.45) is 0. The van der Waals surface area contributed by atoms with Crippen molar-refractivity contribution in [1.82, 2.24) is 0 Å². The van der Waals surface area contributed by atoms with E-state index in [4.69, 9.17) is 14.9 Å². The summed E-state index contributed by atoms with van der Waals surface area (Å²) in [5.41, 5.74) is -0.783. The van der Waals surface area contributed by atoms with Crippen molar-refractivity contribution in [2.45, 2.75) is 19.4 Å². The molecule has 78 valence electrons. The standard InChI is InChI=1S/C6H14O3.2HI.Te/c1-6(2,8)5-9-4-3-7;;;/h7-8H,3-5H2,1-2H3;2*1H;. The Hall–Kier alpha value is 2.13. The molecule has 0 spiro atoms. The van der Waals surface area contributed by atoms with E-state index in [1.165, 1.54) is 0 Å². The molecule has 0 bridgehead atoms. The third kappa shape index (κ3) is 22.7. The van der Waals surface area contributed by atoms with Crippen molar-refractivity contribution in [2.75, 3.05) is 19.8 Å². The average molecular weight is 518 g/mol. The van der Waals surface area contributed by atoms with Gasteiger partial charge in [-0.1, -0.05) is 0 Å². The molecule has 0 rings (SSSR count). The Morgan fingerprint density at radius 1 is 1.25 bits per heavy atom. The van der Waals surface area contributed by atoms with E-state index in [1.54, 1.807) is 13.8 Å². The van der Waals surface area contributed by atoms with E-state index in [2.05, 4.69) is 0 Å². The molecule has 0 aliphatic heterocycles. The molecular formula is C6H16I2O3Te. The molecule has 12 heavy (non-hydrogen) atoms. The number of rotatable bonds is 4. The molecule has 2 radical (unpaired) electrons. The minimum atomic E-state index is -0.783. The molecule has 3 nitrogen and oxygen atoms in total. The Morgan fingerprint density at radius 3 is 1.92 bits per heavy atom. The van der Waals surface area contributed by atoms with Gasteiger partial charge in [-0.3, -0.25) is 0 Å². The summed E-state index contributed by atoms with van der Waals surface area (Å²) in [5, 5.41) is 17.3. The summed E-state index contributed by atoms with van der Waals surface area (Å²) in [5.74, 6) is 0. The molecule has 0 aromatic heterocycles. The van der Waals surface area contributed by atoms with Crippen LogP contribution in [0.25, 0.3) is 0 Å². The van der Waals surface area contributed by atoms with Gasteiger partial charge in [0.15, 0.2) is 0 Å². The Kier molecular flexibility index (Phi) is 26.0. The van der Waals surface area contributed by atoms with Crippen LogP contribution in [0.2, 0.25) is 0 Å². The molecular weight excluding hydrogens is 501 g/mol. The van der Waals surface area contributed by atoms with Crippen LogP contribution in [0.4, 0.5) is 0 Å². The van der Waals surface area contributed by atoms with Crippen molar-refractivity contribution in [2.24, 2.45) is 0 Å². The smallest absolute Gasteiger partial charge is 0.0824 e. The number of halogens is 2. The largest absolute Gasteiger partial charge is 0.394 e. The molecule has 0 unspecified atom stereocenters. The molecule has 0 aromatic carbocycles. The van der Waals surface area contributed by atoms with Gasteiger partial charge in [-0.15, -0.1) is 48.0 Å². The maximum Gasteiger partial charge on any atom is 0.0824 e. The van der Waals surface area contributed by atoms with Crippen LogP contribution in [0.15, 0.2) is 0 Å². The fourth-order valence-corrected chi connectivity index (χ4v) is 0.386. The maximum atomic E-state index is 9.04. The van der Waals surface area contributed by atoms with Crippen LogP contribution in [-0.2, 0) is 4.74 Å². The van der Waals surface area contributed by atoms with E-state index in [0.29, 0.717) is 6.61 Å². The minimum absolute atomic E-state index is 0. The molecule has 0 aliphatic rings. The third-order valence-corrected chi connectivity index (χ3v) is 0.691. The number of hydrogen-bond acceptors (Lipinski definition) is 3. The summed E-state index contributed by atoms with van der Waals surface area (Å²) < 4.78 is 4.85. The van der Waals surface area contributed by atoms with E-state index in [1.807, 2.05) is 0 Å². The van der Waals surface area contributed by atoms with Crippen molar-refractivity contribution in [1.29, 1.82) is 0 Å². The van der Waals surface area contributed by atoms with E-state index in [0.717, 1.165) is 0 Å². The SMILES string of the molecule is CC(C)(O)COCCO.I.I.[Te]. The van der Waals surface area contributed by atoms with Gasteiger partial charge in [-0.25, -0.2) is 0 Å². The Bertz CT molecular complexity index is 77.7. The predicted molar refractivity (Wildman–Crippen MR) is 70.8 cm³/mol. The summed E-state index contributed by atoms with van der Waals surface area (Å²) >= 11 is 0. The molecule has 0 amide bonds. The number of aliphatic hydroxyl groups excluding tert-OH is 1. The van der Waals surface area contributed by atoms with E-state index >= 15 is 0 Å². The first kappa shape index (κ1) is 23.7. The predicted octanol–water partition coefficient (Wildman–Crippen LogP) is 0.621. The van der Waals surface area contributed by atoms with Gasteiger partial charge in [-0.2, -0.15) is 0 Å². The fourth-order valence-electron chi connectivity index (χ4n) is 0.386. The molecule has 0 saturated carbocycles. The molecule has 0 heterocycles. The normalized spacial score (nSPS) is 9.00. The Labute approximate surface area is 124 Å². The van der Waals surface area contributed by atoms with Crippen LogP contribution < -0.4 is 0 Å². The van der Waals surface area contributed by atoms with Gasteiger partial charge in [0.25, 0.3) is 0 Å². The summed E-state index contributed by atoms with van der Waals surface area (Å²) in [4.78, 5) is 0. The van der Waals surface area contributed by atoms with E-state index < -0.39 is 5.60 Å². The fraction of sp³-hybridized carbons (Fsp3) is 1.00. The first-order valence-electron chi connectivity index (χ1n) is 2.97. The Morgan fingerprint density at radius 2 is 1.67 bits per heavy atom. The van der Waals surface area contributed by atoms with Crippen molar-refractivity contribution < 1.29 is 14.9 Å². The summed E-state index contributed by atoms with van der Waals surface area (Å²) in [6, 6.07) is 0. The zero-order valence-corrected chi connectivity index (χ0v) is 14.1. The van der Waals surface area contributed by atoms with Gasteiger partial charge >= 0.3 is 0 Å². The monoisotopic (exact) mass is 520 g/mol. The summed E-state index contributed by atoms with van der Waals surface area (Å²) in [6.45, 7) is 3.89. The molecule has 0 aromatic rings. The van der Waals surface area contributed by atoms with Gasteiger partial charge in [0, 0.05) is 23.7 Å². The first-order chi connectivity index (χ1) is 4.06. The molecule has 0 aliphatic carbocycles. The molecule has 0 atom stereocenters. The van der Waals surface area contributed by atoms with Crippen LogP contribution in [0.5, 0.6) is 0 Å². The van der Waals surface area contributed by atoms with Crippen LogP contribution in [-0.4, -0.2) is 59.3 Å². The van der Waals surface area contributed by atoms with Crippen molar-refractivity contribution in [3.8, 4) is 0 Å². The second-order valence-electron chi connectivity index (χ2n) is 2.59. The molecule has 0 fully saturated rings. The van der Waals surface area contributed by atoms with Gasteiger partial charge in [0.05, 0.1) is 25.4 Å². The van der Waals surface area contributed by atoms with Crippen molar-refractivity contribution >= 4 is 71.6 Å². The average Bonchev–Trinajstić information content (AvgIpc) is 1.63.